The number of carbonyl (C=O) groups is 3. The zero-order valence-electron chi connectivity index (χ0n) is 17.3. The molecule has 1 saturated carbocycles. The van der Waals surface area contributed by atoms with Gasteiger partial charge in [-0.2, -0.15) is 0 Å². The number of benzene rings is 2. The predicted molar refractivity (Wildman–Crippen MR) is 113 cm³/mol. The number of hydrogen-bond acceptors (Lipinski definition) is 4. The summed E-state index contributed by atoms with van der Waals surface area (Å²) in [6.45, 7) is 3.90. The van der Waals surface area contributed by atoms with Crippen LogP contribution in [0.2, 0.25) is 0 Å². The van der Waals surface area contributed by atoms with Crippen molar-refractivity contribution < 1.29 is 19.1 Å². The molecule has 30 heavy (non-hydrogen) atoms. The third-order valence-electron chi connectivity index (χ3n) is 5.97. The average Bonchev–Trinajstić information content (AvgIpc) is 2.98. The molecule has 0 unspecified atom stereocenters. The topological polar surface area (TPSA) is 72.5 Å². The fraction of sp³-hybridized carbons (Fsp3) is 0.320. The number of esters is 1. The number of ketones is 1. The van der Waals surface area contributed by atoms with Gasteiger partial charge in [0.2, 0.25) is 0 Å². The zero-order chi connectivity index (χ0) is 21.3. The molecule has 1 N–H and O–H groups in total. The highest BCUT2D eigenvalue weighted by Gasteiger charge is 2.49. The summed E-state index contributed by atoms with van der Waals surface area (Å²) in [6, 6.07) is 15.3. The van der Waals surface area contributed by atoms with E-state index >= 15 is 0 Å². The fourth-order valence-corrected chi connectivity index (χ4v) is 4.30. The van der Waals surface area contributed by atoms with Gasteiger partial charge >= 0.3 is 5.97 Å². The molecule has 0 saturated heterocycles. The Morgan fingerprint density at radius 1 is 1.03 bits per heavy atom. The second-order valence-electron chi connectivity index (χ2n) is 8.23. The van der Waals surface area contributed by atoms with Crippen LogP contribution in [0.15, 0.2) is 54.3 Å². The van der Waals surface area contributed by atoms with E-state index in [-0.39, 0.29) is 18.1 Å². The highest BCUT2D eigenvalue weighted by Crippen LogP contribution is 2.43. The van der Waals surface area contributed by atoms with Gasteiger partial charge in [0, 0.05) is 12.8 Å². The highest BCUT2D eigenvalue weighted by molar-refractivity contribution is 6.24. The lowest BCUT2D eigenvalue weighted by atomic mass is 9.79. The predicted octanol–water partition coefficient (Wildman–Crippen LogP) is 3.81. The van der Waals surface area contributed by atoms with Crippen LogP contribution in [-0.2, 0) is 25.5 Å². The number of rotatable bonds is 4. The van der Waals surface area contributed by atoms with Crippen molar-refractivity contribution in [1.29, 1.82) is 0 Å². The lowest BCUT2D eigenvalue weighted by Crippen LogP contribution is -2.48. The Kier molecular flexibility index (Phi) is 5.29. The molecule has 4 rings (SSSR count). The summed E-state index contributed by atoms with van der Waals surface area (Å²) in [4.78, 5) is 37.8. The van der Waals surface area contributed by atoms with Crippen LogP contribution in [0.1, 0.15) is 47.9 Å². The first kappa shape index (κ1) is 20.1. The summed E-state index contributed by atoms with van der Waals surface area (Å²) in [5.41, 5.74) is 3.18. The Labute approximate surface area is 176 Å². The van der Waals surface area contributed by atoms with Gasteiger partial charge in [0.1, 0.15) is 17.1 Å². The summed E-state index contributed by atoms with van der Waals surface area (Å²) >= 11 is 0. The summed E-state index contributed by atoms with van der Waals surface area (Å²) in [5, 5.41) is 3.06. The van der Waals surface area contributed by atoms with Gasteiger partial charge in [-0.05, 0) is 43.4 Å². The number of amides is 1. The second-order valence-corrected chi connectivity index (χ2v) is 8.23. The van der Waals surface area contributed by atoms with Crippen LogP contribution < -0.4 is 5.32 Å². The number of Topliss-reactive ketones (excluding diaryl/α,β-unsaturated/α-hetero) is 1. The maximum absolute atomic E-state index is 13.1. The van der Waals surface area contributed by atoms with E-state index in [0.717, 1.165) is 22.3 Å². The Bertz CT molecular complexity index is 1040. The molecule has 1 aliphatic heterocycles. The van der Waals surface area contributed by atoms with Gasteiger partial charge < -0.3 is 10.1 Å². The molecule has 0 atom stereocenters. The van der Waals surface area contributed by atoms with Crippen molar-refractivity contribution in [3.8, 4) is 0 Å². The number of ether oxygens (including phenoxy) is 1. The average molecular weight is 403 g/mol. The summed E-state index contributed by atoms with van der Waals surface area (Å²) in [5.74, 6) is -0.119. The number of aryl methyl sites for hydroxylation is 2. The number of carbonyl (C=O) groups excluding carboxylic acids is 3. The molecule has 2 aliphatic rings. The van der Waals surface area contributed by atoms with E-state index in [4.69, 9.17) is 4.74 Å². The first-order valence-electron chi connectivity index (χ1n) is 10.3. The van der Waals surface area contributed by atoms with E-state index in [1.807, 2.05) is 62.4 Å². The minimum absolute atomic E-state index is 0.119. The van der Waals surface area contributed by atoms with Crippen LogP contribution in [0, 0.1) is 13.8 Å². The molecule has 2 aromatic rings. The Hall–Kier alpha value is -3.21. The zero-order valence-corrected chi connectivity index (χ0v) is 17.3. The van der Waals surface area contributed by atoms with Gasteiger partial charge in [0.25, 0.3) is 5.91 Å². The number of hydrogen-bond donors (Lipinski definition) is 1. The molecule has 1 amide bonds. The van der Waals surface area contributed by atoms with Gasteiger partial charge in [-0.1, -0.05) is 54.1 Å². The van der Waals surface area contributed by atoms with Crippen molar-refractivity contribution in [2.24, 2.45) is 0 Å². The van der Waals surface area contributed by atoms with E-state index in [0.29, 0.717) is 37.0 Å². The third kappa shape index (κ3) is 3.80. The van der Waals surface area contributed by atoms with Crippen molar-refractivity contribution in [3.05, 3.63) is 76.5 Å². The monoisotopic (exact) mass is 403 g/mol. The Morgan fingerprint density at radius 3 is 2.43 bits per heavy atom. The molecular weight excluding hydrogens is 378 g/mol. The van der Waals surface area contributed by atoms with Gasteiger partial charge in [0.05, 0.1) is 12.0 Å². The smallest absolute Gasteiger partial charge is 0.315 e. The molecule has 154 valence electrons. The lowest BCUT2D eigenvalue weighted by molar-refractivity contribution is -0.140. The molecule has 0 aromatic heterocycles. The van der Waals surface area contributed by atoms with Gasteiger partial charge in [-0.25, -0.2) is 0 Å². The molecule has 1 aliphatic carbocycles. The molecule has 1 fully saturated rings. The normalized spacial score (nSPS) is 17.9. The third-order valence-corrected chi connectivity index (χ3v) is 5.97. The van der Waals surface area contributed by atoms with Gasteiger partial charge in [-0.15, -0.1) is 0 Å². The largest absolute Gasteiger partial charge is 0.427 e. The van der Waals surface area contributed by atoms with Crippen LogP contribution in [0.3, 0.4) is 0 Å². The van der Waals surface area contributed by atoms with E-state index in [1.54, 1.807) is 0 Å². The quantitative estimate of drug-likeness (QED) is 0.788. The van der Waals surface area contributed by atoms with Crippen LogP contribution in [-0.4, -0.2) is 23.2 Å². The lowest BCUT2D eigenvalue weighted by Gasteiger charge is -2.34. The van der Waals surface area contributed by atoms with E-state index < -0.39 is 11.5 Å². The van der Waals surface area contributed by atoms with Crippen LogP contribution in [0.5, 0.6) is 0 Å². The standard InChI is InChI=1S/C25H25NO4/c1-16-8-9-17(2)20(14-16)22-23(30-21(28)15-18-6-4-3-5-7-18)25(26-24(22)29)12-10-19(27)11-13-25/h3-9,14H,10-13,15H2,1-2H3,(H,26,29). The Balaban J connectivity index is 1.76. The summed E-state index contributed by atoms with van der Waals surface area (Å²) < 4.78 is 5.92. The maximum Gasteiger partial charge on any atom is 0.315 e. The molecule has 0 bridgehead atoms. The van der Waals surface area contributed by atoms with Crippen molar-refractivity contribution >= 4 is 23.2 Å². The number of nitrogens with one attached hydrogen (secondary N) is 1. The van der Waals surface area contributed by atoms with Gasteiger partial charge in [-0.3, -0.25) is 14.4 Å². The maximum atomic E-state index is 13.1. The minimum Gasteiger partial charge on any atom is -0.427 e. The molecule has 5 heteroatoms. The van der Waals surface area contributed by atoms with Crippen molar-refractivity contribution in [3.63, 3.8) is 0 Å². The summed E-state index contributed by atoms with van der Waals surface area (Å²) in [7, 11) is 0. The minimum atomic E-state index is -0.803. The van der Waals surface area contributed by atoms with Crippen LogP contribution in [0.4, 0.5) is 0 Å². The van der Waals surface area contributed by atoms with Crippen molar-refractivity contribution in [1.82, 2.24) is 5.32 Å². The molecular formula is C25H25NO4. The van der Waals surface area contributed by atoms with Crippen LogP contribution >= 0.6 is 0 Å². The first-order chi connectivity index (χ1) is 14.4. The summed E-state index contributed by atoms with van der Waals surface area (Å²) in [6.07, 6.45) is 1.73. The second kappa shape index (κ2) is 7.90. The van der Waals surface area contributed by atoms with E-state index in [2.05, 4.69) is 5.32 Å². The van der Waals surface area contributed by atoms with Crippen molar-refractivity contribution in [2.45, 2.75) is 51.5 Å². The molecule has 5 nitrogen and oxygen atoms in total. The SMILES string of the molecule is Cc1ccc(C)c(C2=C(OC(=O)Cc3ccccc3)C3(CCC(=O)CC3)NC2=O)c1. The molecule has 2 aromatic carbocycles. The molecule has 1 spiro atoms. The van der Waals surface area contributed by atoms with Gasteiger partial charge in [0.15, 0.2) is 0 Å². The first-order valence-corrected chi connectivity index (χ1v) is 10.3. The Morgan fingerprint density at radius 2 is 1.73 bits per heavy atom. The molecule has 1 heterocycles. The van der Waals surface area contributed by atoms with Crippen molar-refractivity contribution in [2.75, 3.05) is 0 Å². The fourth-order valence-electron chi connectivity index (χ4n) is 4.30. The van der Waals surface area contributed by atoms with E-state index in [1.165, 1.54) is 0 Å². The highest BCUT2D eigenvalue weighted by atomic mass is 16.5. The molecule has 0 radical (unpaired) electrons. The van der Waals surface area contributed by atoms with Crippen LogP contribution in [0.25, 0.3) is 5.57 Å². The van der Waals surface area contributed by atoms with E-state index in [9.17, 15) is 14.4 Å².